The monoisotopic (exact) mass is 378 g/mol. The summed E-state index contributed by atoms with van der Waals surface area (Å²) in [7, 11) is 0. The molecule has 2 aromatic carbocycles. The van der Waals surface area contributed by atoms with Crippen molar-refractivity contribution < 1.29 is 22.6 Å². The van der Waals surface area contributed by atoms with Gasteiger partial charge in [-0.15, -0.1) is 0 Å². The van der Waals surface area contributed by atoms with Crippen molar-refractivity contribution in [3.05, 3.63) is 58.9 Å². The third kappa shape index (κ3) is 4.53. The number of halogens is 3. The Morgan fingerprint density at radius 2 is 1.89 bits per heavy atom. The van der Waals surface area contributed by atoms with Gasteiger partial charge in [0.15, 0.2) is 11.6 Å². The molecule has 146 valence electrons. The van der Waals surface area contributed by atoms with Gasteiger partial charge < -0.3 is 9.47 Å². The lowest BCUT2D eigenvalue weighted by Crippen LogP contribution is -2.28. The molecule has 2 unspecified atom stereocenters. The van der Waals surface area contributed by atoms with E-state index in [-0.39, 0.29) is 17.2 Å². The van der Waals surface area contributed by atoms with Crippen molar-refractivity contribution in [2.24, 2.45) is 0 Å². The normalized spacial score (nSPS) is 20.0. The van der Waals surface area contributed by atoms with E-state index in [1.54, 1.807) is 19.1 Å². The van der Waals surface area contributed by atoms with Gasteiger partial charge in [-0.05, 0) is 43.4 Å². The van der Waals surface area contributed by atoms with E-state index in [1.807, 2.05) is 0 Å². The average Bonchev–Trinajstić information content (AvgIpc) is 2.67. The first-order valence-corrected chi connectivity index (χ1v) is 9.48. The highest BCUT2D eigenvalue weighted by atomic mass is 19.2. The Morgan fingerprint density at radius 3 is 2.56 bits per heavy atom. The van der Waals surface area contributed by atoms with E-state index < -0.39 is 23.6 Å². The van der Waals surface area contributed by atoms with Gasteiger partial charge in [0.25, 0.3) is 0 Å². The van der Waals surface area contributed by atoms with Crippen LogP contribution < -0.4 is 0 Å². The van der Waals surface area contributed by atoms with Crippen LogP contribution >= 0.6 is 0 Å². The Morgan fingerprint density at radius 1 is 1.07 bits per heavy atom. The lowest BCUT2D eigenvalue weighted by Gasteiger charge is -2.29. The van der Waals surface area contributed by atoms with Crippen LogP contribution in [0.1, 0.15) is 49.8 Å². The molecule has 1 aliphatic rings. The second kappa shape index (κ2) is 8.89. The van der Waals surface area contributed by atoms with Crippen LogP contribution in [0.4, 0.5) is 13.2 Å². The van der Waals surface area contributed by atoms with Crippen molar-refractivity contribution in [2.75, 3.05) is 13.2 Å². The first-order valence-electron chi connectivity index (χ1n) is 9.48. The fourth-order valence-electron chi connectivity index (χ4n) is 3.29. The highest BCUT2D eigenvalue weighted by molar-refractivity contribution is 5.65. The smallest absolute Gasteiger partial charge is 0.167 e. The molecular formula is C22H25F3O2. The maximum Gasteiger partial charge on any atom is 0.167 e. The summed E-state index contributed by atoms with van der Waals surface area (Å²) in [6.07, 6.45) is 2.91. The fourth-order valence-corrected chi connectivity index (χ4v) is 3.29. The van der Waals surface area contributed by atoms with Gasteiger partial charge in [0.2, 0.25) is 0 Å². The highest BCUT2D eigenvalue weighted by Crippen LogP contribution is 2.35. The average molecular weight is 378 g/mol. The topological polar surface area (TPSA) is 18.5 Å². The molecule has 0 bridgehead atoms. The summed E-state index contributed by atoms with van der Waals surface area (Å²) in [5.41, 5.74) is 1.03. The van der Waals surface area contributed by atoms with Crippen LogP contribution in [0.3, 0.4) is 0 Å². The van der Waals surface area contributed by atoms with Crippen LogP contribution in [0.15, 0.2) is 30.3 Å². The van der Waals surface area contributed by atoms with Crippen LogP contribution in [-0.2, 0) is 9.47 Å². The number of rotatable bonds is 6. The van der Waals surface area contributed by atoms with Gasteiger partial charge in [0.1, 0.15) is 5.82 Å². The number of unbranched alkanes of at least 4 members (excludes halogenated alkanes) is 1. The van der Waals surface area contributed by atoms with E-state index in [9.17, 15) is 13.2 Å². The molecule has 2 aromatic rings. The molecule has 0 spiro atoms. The zero-order valence-electron chi connectivity index (χ0n) is 15.7. The largest absolute Gasteiger partial charge is 0.376 e. The molecule has 0 radical (unpaired) electrons. The number of hydrogen-bond donors (Lipinski definition) is 0. The second-order valence-corrected chi connectivity index (χ2v) is 7.04. The van der Waals surface area contributed by atoms with Crippen LogP contribution in [0, 0.1) is 24.4 Å². The molecule has 1 heterocycles. The maximum absolute atomic E-state index is 14.7. The highest BCUT2D eigenvalue weighted by Gasteiger charge is 2.27. The summed E-state index contributed by atoms with van der Waals surface area (Å²) in [5.74, 6) is -2.34. The van der Waals surface area contributed by atoms with Crippen molar-refractivity contribution in [2.45, 2.75) is 51.7 Å². The fraction of sp³-hybridized carbons (Fsp3) is 0.455. The van der Waals surface area contributed by atoms with E-state index in [2.05, 4.69) is 6.92 Å². The summed E-state index contributed by atoms with van der Waals surface area (Å²) in [6.45, 7) is 4.79. The van der Waals surface area contributed by atoms with E-state index in [0.717, 1.165) is 19.3 Å². The molecule has 0 amide bonds. The molecule has 27 heavy (non-hydrogen) atoms. The van der Waals surface area contributed by atoms with Crippen molar-refractivity contribution in [3.63, 3.8) is 0 Å². The first-order chi connectivity index (χ1) is 13.0. The summed E-state index contributed by atoms with van der Waals surface area (Å²) in [5, 5.41) is 0. The Kier molecular flexibility index (Phi) is 6.55. The number of hydrogen-bond acceptors (Lipinski definition) is 2. The zero-order valence-corrected chi connectivity index (χ0v) is 15.7. The van der Waals surface area contributed by atoms with Gasteiger partial charge in [-0.3, -0.25) is 0 Å². The predicted molar refractivity (Wildman–Crippen MR) is 99.1 cm³/mol. The summed E-state index contributed by atoms with van der Waals surface area (Å²) in [6, 6.07) is 7.39. The Balaban J connectivity index is 1.73. The molecule has 1 fully saturated rings. The van der Waals surface area contributed by atoms with Gasteiger partial charge in [-0.1, -0.05) is 37.6 Å². The quantitative estimate of drug-likeness (QED) is 0.564. The molecule has 5 heteroatoms. The lowest BCUT2D eigenvalue weighted by molar-refractivity contribution is -0.0881. The minimum absolute atomic E-state index is 0.00974. The van der Waals surface area contributed by atoms with Crippen molar-refractivity contribution >= 4 is 0 Å². The SMILES string of the molecule is CCCCOC1CCC(c2ccc(-c3ccc(C)c(F)c3)c(F)c2F)OC1. The summed E-state index contributed by atoms with van der Waals surface area (Å²) in [4.78, 5) is 0. The van der Waals surface area contributed by atoms with Crippen molar-refractivity contribution in [3.8, 4) is 11.1 Å². The molecule has 1 saturated heterocycles. The van der Waals surface area contributed by atoms with Gasteiger partial charge in [0.05, 0.1) is 18.8 Å². The zero-order chi connectivity index (χ0) is 19.4. The molecule has 2 nitrogen and oxygen atoms in total. The van der Waals surface area contributed by atoms with Crippen LogP contribution in [-0.4, -0.2) is 19.3 Å². The third-order valence-corrected chi connectivity index (χ3v) is 5.03. The van der Waals surface area contributed by atoms with Gasteiger partial charge in [-0.25, -0.2) is 13.2 Å². The number of aryl methyl sites for hydroxylation is 1. The first kappa shape index (κ1) is 19.9. The van der Waals surface area contributed by atoms with E-state index in [0.29, 0.717) is 30.8 Å². The predicted octanol–water partition coefficient (Wildman–Crippen LogP) is 6.12. The molecule has 2 atom stereocenters. The third-order valence-electron chi connectivity index (χ3n) is 5.03. The minimum Gasteiger partial charge on any atom is -0.376 e. The van der Waals surface area contributed by atoms with Crippen LogP contribution in [0.5, 0.6) is 0 Å². The maximum atomic E-state index is 14.7. The van der Waals surface area contributed by atoms with Crippen LogP contribution in [0.2, 0.25) is 0 Å². The molecule has 0 aliphatic carbocycles. The summed E-state index contributed by atoms with van der Waals surface area (Å²) >= 11 is 0. The van der Waals surface area contributed by atoms with Gasteiger partial charge >= 0.3 is 0 Å². The minimum atomic E-state index is -0.972. The molecule has 1 aliphatic heterocycles. The van der Waals surface area contributed by atoms with Crippen LogP contribution in [0.25, 0.3) is 11.1 Å². The van der Waals surface area contributed by atoms with Crippen molar-refractivity contribution in [1.82, 2.24) is 0 Å². The van der Waals surface area contributed by atoms with Crippen molar-refractivity contribution in [1.29, 1.82) is 0 Å². The number of benzene rings is 2. The Bertz CT molecular complexity index is 783. The molecule has 0 saturated carbocycles. The van der Waals surface area contributed by atoms with Gasteiger partial charge in [0, 0.05) is 17.7 Å². The Hall–Kier alpha value is -1.85. The molecule has 0 N–H and O–H groups in total. The lowest BCUT2D eigenvalue weighted by atomic mass is 9.96. The second-order valence-electron chi connectivity index (χ2n) is 7.04. The summed E-state index contributed by atoms with van der Waals surface area (Å²) < 4.78 is 54.5. The Labute approximate surface area is 158 Å². The standard InChI is InChI=1S/C22H25F3O2/c1-3-4-11-26-16-7-10-20(27-13-16)18-9-8-17(21(24)22(18)25)15-6-5-14(2)19(23)12-15/h5-6,8-9,12,16,20H,3-4,7,10-11,13H2,1-2H3. The van der Waals surface area contributed by atoms with Gasteiger partial charge in [-0.2, -0.15) is 0 Å². The molecule has 3 rings (SSSR count). The van der Waals surface area contributed by atoms with E-state index in [4.69, 9.17) is 9.47 Å². The molecular weight excluding hydrogens is 353 g/mol. The van der Waals surface area contributed by atoms with E-state index in [1.165, 1.54) is 18.2 Å². The van der Waals surface area contributed by atoms with E-state index >= 15 is 0 Å². The number of ether oxygens (including phenoxy) is 2. The molecule has 0 aromatic heterocycles.